The quantitative estimate of drug-likeness (QED) is 0.339. The summed E-state index contributed by atoms with van der Waals surface area (Å²) in [6, 6.07) is 7.51. The van der Waals surface area contributed by atoms with Gasteiger partial charge in [0.25, 0.3) is 5.69 Å². The molecule has 8 nitrogen and oxygen atoms in total. The van der Waals surface area contributed by atoms with Gasteiger partial charge in [-0.05, 0) is 36.4 Å². The number of ether oxygens (including phenoxy) is 4. The van der Waals surface area contributed by atoms with E-state index >= 15 is 0 Å². The Morgan fingerprint density at radius 2 is 1.81 bits per heavy atom. The van der Waals surface area contributed by atoms with Crippen LogP contribution in [0.2, 0.25) is 0 Å². The molecule has 0 fully saturated rings. The Balaban J connectivity index is 1.91. The maximum atomic E-state index is 12.4. The fourth-order valence-electron chi connectivity index (χ4n) is 2.49. The third-order valence-electron chi connectivity index (χ3n) is 3.80. The summed E-state index contributed by atoms with van der Waals surface area (Å²) in [4.78, 5) is 23.1. The van der Waals surface area contributed by atoms with Crippen molar-refractivity contribution in [3.63, 3.8) is 0 Å². The fraction of sp³-hybridized carbons (Fsp3) is 0.167. The molecule has 26 heavy (non-hydrogen) atoms. The molecule has 0 aromatic heterocycles. The minimum atomic E-state index is -0.549. The first-order valence-electron chi connectivity index (χ1n) is 7.56. The van der Waals surface area contributed by atoms with Crippen molar-refractivity contribution in [2.45, 2.75) is 0 Å². The van der Waals surface area contributed by atoms with Crippen LogP contribution in [0.25, 0.3) is 6.08 Å². The maximum absolute atomic E-state index is 12.4. The van der Waals surface area contributed by atoms with E-state index in [4.69, 9.17) is 18.9 Å². The Bertz CT molecular complexity index is 905. The van der Waals surface area contributed by atoms with Crippen molar-refractivity contribution in [3.8, 4) is 23.0 Å². The van der Waals surface area contributed by atoms with Crippen LogP contribution in [-0.4, -0.2) is 31.7 Å². The van der Waals surface area contributed by atoms with Crippen LogP contribution in [0.3, 0.4) is 0 Å². The van der Waals surface area contributed by atoms with Crippen LogP contribution in [0.4, 0.5) is 5.69 Å². The first-order chi connectivity index (χ1) is 12.5. The van der Waals surface area contributed by atoms with Crippen molar-refractivity contribution in [1.82, 2.24) is 0 Å². The molecule has 3 rings (SSSR count). The van der Waals surface area contributed by atoms with Crippen LogP contribution in [0.1, 0.15) is 15.9 Å². The van der Waals surface area contributed by atoms with E-state index in [0.29, 0.717) is 22.8 Å². The zero-order valence-electron chi connectivity index (χ0n) is 14.1. The summed E-state index contributed by atoms with van der Waals surface area (Å²) in [5.41, 5.74) is 0.410. The molecule has 2 aromatic carbocycles. The zero-order chi connectivity index (χ0) is 18.7. The first-order valence-corrected chi connectivity index (χ1v) is 7.56. The Hall–Kier alpha value is -3.55. The predicted octanol–water partition coefficient (Wildman–Crippen LogP) is 3.24. The predicted molar refractivity (Wildman–Crippen MR) is 92.1 cm³/mol. The zero-order valence-corrected chi connectivity index (χ0v) is 14.1. The van der Waals surface area contributed by atoms with Crippen LogP contribution >= 0.6 is 0 Å². The minimum absolute atomic E-state index is 0.112. The molecule has 1 aliphatic heterocycles. The summed E-state index contributed by atoms with van der Waals surface area (Å²) in [5.74, 6) is 1.29. The van der Waals surface area contributed by atoms with Crippen molar-refractivity contribution in [2.75, 3.05) is 21.0 Å². The number of ketones is 1. The second-order valence-electron chi connectivity index (χ2n) is 5.29. The van der Waals surface area contributed by atoms with Crippen molar-refractivity contribution < 1.29 is 28.7 Å². The van der Waals surface area contributed by atoms with Gasteiger partial charge < -0.3 is 18.9 Å². The minimum Gasteiger partial charge on any atom is -0.493 e. The van der Waals surface area contributed by atoms with E-state index in [1.54, 1.807) is 18.2 Å². The third-order valence-corrected chi connectivity index (χ3v) is 3.80. The van der Waals surface area contributed by atoms with Gasteiger partial charge in [0, 0.05) is 5.56 Å². The number of allylic oxidation sites excluding steroid dienone is 1. The smallest absolute Gasteiger partial charge is 0.280 e. The van der Waals surface area contributed by atoms with Gasteiger partial charge >= 0.3 is 0 Å². The fourth-order valence-corrected chi connectivity index (χ4v) is 2.49. The second-order valence-corrected chi connectivity index (χ2v) is 5.29. The van der Waals surface area contributed by atoms with Crippen LogP contribution in [0.15, 0.2) is 36.4 Å². The van der Waals surface area contributed by atoms with Gasteiger partial charge in [-0.15, -0.1) is 0 Å². The number of rotatable bonds is 6. The highest BCUT2D eigenvalue weighted by Crippen LogP contribution is 2.35. The summed E-state index contributed by atoms with van der Waals surface area (Å²) < 4.78 is 20.7. The lowest BCUT2D eigenvalue weighted by atomic mass is 10.1. The van der Waals surface area contributed by atoms with Gasteiger partial charge in [-0.1, -0.05) is 0 Å². The number of carbonyl (C=O) groups is 1. The van der Waals surface area contributed by atoms with Crippen LogP contribution in [0.5, 0.6) is 23.0 Å². The van der Waals surface area contributed by atoms with Crippen molar-refractivity contribution >= 4 is 17.5 Å². The standard InChI is InChI=1S/C18H15NO7/c1-23-16-7-11(13(19(21)22)9-17(16)24-2)3-5-14(20)12-4-6-15-18(8-12)26-10-25-15/h3-9H,10H2,1-2H3. The summed E-state index contributed by atoms with van der Waals surface area (Å²) in [5, 5.41) is 11.3. The molecule has 0 bridgehead atoms. The molecular weight excluding hydrogens is 342 g/mol. The van der Waals surface area contributed by atoms with Crippen LogP contribution in [-0.2, 0) is 0 Å². The Kier molecular flexibility index (Phi) is 4.74. The monoisotopic (exact) mass is 357 g/mol. The van der Waals surface area contributed by atoms with E-state index in [-0.39, 0.29) is 29.6 Å². The molecule has 0 aliphatic carbocycles. The first kappa shape index (κ1) is 17.3. The Morgan fingerprint density at radius 1 is 1.12 bits per heavy atom. The lowest BCUT2D eigenvalue weighted by Gasteiger charge is -2.08. The molecule has 0 unspecified atom stereocenters. The molecule has 0 amide bonds. The van der Waals surface area contributed by atoms with Gasteiger partial charge in [-0.3, -0.25) is 14.9 Å². The number of nitro benzene ring substituents is 1. The van der Waals surface area contributed by atoms with E-state index in [0.717, 1.165) is 0 Å². The van der Waals surface area contributed by atoms with Crippen molar-refractivity contribution in [3.05, 3.63) is 57.6 Å². The largest absolute Gasteiger partial charge is 0.493 e. The lowest BCUT2D eigenvalue weighted by Crippen LogP contribution is -1.98. The molecule has 134 valence electrons. The van der Waals surface area contributed by atoms with Gasteiger partial charge in [0.15, 0.2) is 28.8 Å². The van der Waals surface area contributed by atoms with Crippen molar-refractivity contribution in [2.24, 2.45) is 0 Å². The third kappa shape index (κ3) is 3.30. The molecule has 0 atom stereocenters. The summed E-state index contributed by atoms with van der Waals surface area (Å²) in [7, 11) is 2.81. The second kappa shape index (κ2) is 7.14. The highest BCUT2D eigenvalue weighted by atomic mass is 16.7. The number of hydrogen-bond donors (Lipinski definition) is 0. The van der Waals surface area contributed by atoms with Gasteiger partial charge in [-0.25, -0.2) is 0 Å². The van der Waals surface area contributed by atoms with Crippen LogP contribution < -0.4 is 18.9 Å². The number of methoxy groups -OCH3 is 2. The number of nitrogens with zero attached hydrogens (tertiary/aromatic N) is 1. The van der Waals surface area contributed by atoms with Crippen LogP contribution in [0, 0.1) is 10.1 Å². The summed E-state index contributed by atoms with van der Waals surface area (Å²) >= 11 is 0. The van der Waals surface area contributed by atoms with Gasteiger partial charge in [0.1, 0.15) is 0 Å². The van der Waals surface area contributed by atoms with E-state index in [1.807, 2.05) is 0 Å². The normalized spacial score (nSPS) is 12.2. The van der Waals surface area contributed by atoms with E-state index < -0.39 is 4.92 Å². The molecule has 1 aliphatic rings. The molecule has 1 heterocycles. The maximum Gasteiger partial charge on any atom is 0.280 e. The number of fused-ring (bicyclic) bond motifs is 1. The van der Waals surface area contributed by atoms with Crippen molar-refractivity contribution in [1.29, 1.82) is 0 Å². The molecule has 0 radical (unpaired) electrons. The average Bonchev–Trinajstić information content (AvgIpc) is 3.12. The highest BCUT2D eigenvalue weighted by molar-refractivity contribution is 6.07. The topological polar surface area (TPSA) is 97.1 Å². The van der Waals surface area contributed by atoms with E-state index in [1.165, 1.54) is 38.5 Å². The molecular formula is C18H15NO7. The van der Waals surface area contributed by atoms with Gasteiger partial charge in [-0.2, -0.15) is 0 Å². The molecule has 0 saturated heterocycles. The van der Waals surface area contributed by atoms with E-state index in [9.17, 15) is 14.9 Å². The SMILES string of the molecule is COc1cc(C=CC(=O)c2ccc3c(c2)OCO3)c([N+](=O)[O-])cc1OC. The van der Waals surface area contributed by atoms with Gasteiger partial charge in [0.05, 0.1) is 30.8 Å². The summed E-state index contributed by atoms with van der Waals surface area (Å²) in [6.45, 7) is 0.112. The molecule has 2 aromatic rings. The number of carbonyl (C=O) groups excluding carboxylic acids is 1. The molecule has 0 saturated carbocycles. The number of nitro groups is 1. The Labute approximate surface area is 148 Å². The lowest BCUT2D eigenvalue weighted by molar-refractivity contribution is -0.385. The van der Waals surface area contributed by atoms with Gasteiger partial charge in [0.2, 0.25) is 6.79 Å². The Morgan fingerprint density at radius 3 is 2.50 bits per heavy atom. The number of hydrogen-bond acceptors (Lipinski definition) is 7. The summed E-state index contributed by atoms with van der Waals surface area (Å²) in [6.07, 6.45) is 2.62. The molecule has 0 spiro atoms. The van der Waals surface area contributed by atoms with E-state index in [2.05, 4.69) is 0 Å². The average molecular weight is 357 g/mol. The highest BCUT2D eigenvalue weighted by Gasteiger charge is 2.19. The molecule has 8 heteroatoms. The molecule has 0 N–H and O–H groups in total. The number of benzene rings is 2.